The van der Waals surface area contributed by atoms with Crippen molar-refractivity contribution in [2.45, 2.75) is 19.8 Å². The third-order valence-electron chi connectivity index (χ3n) is 2.82. The third kappa shape index (κ3) is 3.70. The minimum Gasteiger partial charge on any atom is -0.354 e. The van der Waals surface area contributed by atoms with Gasteiger partial charge >= 0.3 is 0 Å². The van der Waals surface area contributed by atoms with Gasteiger partial charge in [-0.05, 0) is 12.8 Å². The van der Waals surface area contributed by atoms with Crippen LogP contribution in [0.5, 0.6) is 0 Å². The van der Waals surface area contributed by atoms with E-state index in [0.29, 0.717) is 23.3 Å². The maximum atomic E-state index is 11.6. The van der Waals surface area contributed by atoms with Crippen molar-refractivity contribution in [3.8, 4) is 0 Å². The zero-order valence-electron chi connectivity index (χ0n) is 10.9. The zero-order chi connectivity index (χ0) is 13.7. The van der Waals surface area contributed by atoms with Gasteiger partial charge in [-0.15, -0.1) is 0 Å². The number of amides is 1. The van der Waals surface area contributed by atoms with E-state index in [9.17, 15) is 4.79 Å². The number of nitrogens with one attached hydrogen (secondary N) is 2. The summed E-state index contributed by atoms with van der Waals surface area (Å²) in [5.41, 5.74) is 0. The van der Waals surface area contributed by atoms with Crippen molar-refractivity contribution < 1.29 is 4.79 Å². The summed E-state index contributed by atoms with van der Waals surface area (Å²) in [4.78, 5) is 22.0. The Hall–Kier alpha value is -1.56. The van der Waals surface area contributed by atoms with Crippen LogP contribution < -0.4 is 15.5 Å². The lowest BCUT2D eigenvalue weighted by molar-refractivity contribution is -0.119. The van der Waals surface area contributed by atoms with E-state index < -0.39 is 0 Å². The first-order valence-corrected chi connectivity index (χ1v) is 6.86. The molecule has 1 aromatic heterocycles. The standard InChI is InChI=1S/C12H18ClN5O/c1-2-4-15-12-16-7-9(13)11(17-12)18-6-3-5-14-10(19)8-18/h7H,2-6,8H2,1H3,(H,14,19)(H,15,16,17). The van der Waals surface area contributed by atoms with Gasteiger partial charge in [-0.1, -0.05) is 18.5 Å². The molecule has 0 aliphatic carbocycles. The van der Waals surface area contributed by atoms with Gasteiger partial charge in [0.05, 0.1) is 12.7 Å². The lowest BCUT2D eigenvalue weighted by Gasteiger charge is -2.21. The fourth-order valence-electron chi connectivity index (χ4n) is 1.89. The minimum atomic E-state index is -0.00440. The fraction of sp³-hybridized carbons (Fsp3) is 0.583. The van der Waals surface area contributed by atoms with Gasteiger partial charge in [0.25, 0.3) is 0 Å². The van der Waals surface area contributed by atoms with E-state index in [1.165, 1.54) is 0 Å². The van der Waals surface area contributed by atoms with Crippen LogP contribution in [0.15, 0.2) is 6.20 Å². The van der Waals surface area contributed by atoms with E-state index in [1.54, 1.807) is 6.20 Å². The first-order chi connectivity index (χ1) is 9.20. The largest absolute Gasteiger partial charge is 0.354 e. The van der Waals surface area contributed by atoms with Crippen molar-refractivity contribution in [3.63, 3.8) is 0 Å². The zero-order valence-corrected chi connectivity index (χ0v) is 11.7. The van der Waals surface area contributed by atoms with Gasteiger partial charge in [-0.2, -0.15) is 4.98 Å². The molecular weight excluding hydrogens is 266 g/mol. The van der Waals surface area contributed by atoms with Gasteiger partial charge in [0, 0.05) is 19.6 Å². The summed E-state index contributed by atoms with van der Waals surface area (Å²) in [7, 11) is 0. The summed E-state index contributed by atoms with van der Waals surface area (Å²) in [5.74, 6) is 1.16. The molecule has 0 atom stereocenters. The van der Waals surface area contributed by atoms with E-state index in [4.69, 9.17) is 11.6 Å². The van der Waals surface area contributed by atoms with E-state index in [0.717, 1.165) is 25.9 Å². The van der Waals surface area contributed by atoms with Gasteiger partial charge in [-0.3, -0.25) is 4.79 Å². The van der Waals surface area contributed by atoms with Crippen molar-refractivity contribution in [1.29, 1.82) is 0 Å². The molecule has 2 heterocycles. The molecule has 1 aliphatic heterocycles. The van der Waals surface area contributed by atoms with E-state index in [2.05, 4.69) is 27.5 Å². The first-order valence-electron chi connectivity index (χ1n) is 6.48. The van der Waals surface area contributed by atoms with Gasteiger partial charge in [-0.25, -0.2) is 4.98 Å². The monoisotopic (exact) mass is 283 g/mol. The Kier molecular flexibility index (Phi) is 4.79. The van der Waals surface area contributed by atoms with E-state index in [1.807, 2.05) is 4.90 Å². The van der Waals surface area contributed by atoms with Crippen molar-refractivity contribution >= 4 is 29.3 Å². The lowest BCUT2D eigenvalue weighted by atomic mass is 10.4. The summed E-state index contributed by atoms with van der Waals surface area (Å²) < 4.78 is 0. The molecule has 0 unspecified atom stereocenters. The molecule has 0 spiro atoms. The third-order valence-corrected chi connectivity index (χ3v) is 3.09. The van der Waals surface area contributed by atoms with E-state index >= 15 is 0 Å². The average molecular weight is 284 g/mol. The molecule has 0 aromatic carbocycles. The summed E-state index contributed by atoms with van der Waals surface area (Å²) in [6.45, 7) is 4.61. The SMILES string of the molecule is CCCNc1ncc(Cl)c(N2CCCNC(=O)C2)n1. The number of aromatic nitrogens is 2. The maximum Gasteiger partial charge on any atom is 0.239 e. The lowest BCUT2D eigenvalue weighted by Crippen LogP contribution is -2.33. The molecule has 104 valence electrons. The molecule has 1 fully saturated rings. The molecule has 0 radical (unpaired) electrons. The molecule has 2 rings (SSSR count). The normalized spacial score (nSPS) is 15.9. The second-order valence-electron chi connectivity index (χ2n) is 4.42. The first kappa shape index (κ1) is 13.9. The second-order valence-corrected chi connectivity index (χ2v) is 4.82. The number of nitrogens with zero attached hydrogens (tertiary/aromatic N) is 3. The van der Waals surface area contributed by atoms with Crippen LogP contribution in [0.1, 0.15) is 19.8 Å². The molecule has 1 aromatic rings. The Morgan fingerprint density at radius 3 is 3.21 bits per heavy atom. The molecule has 7 heteroatoms. The summed E-state index contributed by atoms with van der Waals surface area (Å²) >= 11 is 6.14. The van der Waals surface area contributed by atoms with Crippen LogP contribution in [-0.4, -0.2) is 42.1 Å². The van der Waals surface area contributed by atoms with Crippen LogP contribution in [0.2, 0.25) is 5.02 Å². The molecule has 6 nitrogen and oxygen atoms in total. The molecule has 1 amide bonds. The Labute approximate surface area is 117 Å². The second kappa shape index (κ2) is 6.56. The van der Waals surface area contributed by atoms with Crippen LogP contribution in [-0.2, 0) is 4.79 Å². The molecule has 0 bridgehead atoms. The highest BCUT2D eigenvalue weighted by Gasteiger charge is 2.19. The maximum absolute atomic E-state index is 11.6. The molecule has 0 saturated carbocycles. The highest BCUT2D eigenvalue weighted by Crippen LogP contribution is 2.24. The Morgan fingerprint density at radius 1 is 1.58 bits per heavy atom. The molecule has 1 saturated heterocycles. The van der Waals surface area contributed by atoms with Crippen molar-refractivity contribution in [1.82, 2.24) is 15.3 Å². The predicted molar refractivity (Wildman–Crippen MR) is 75.7 cm³/mol. The van der Waals surface area contributed by atoms with Crippen LogP contribution in [0.3, 0.4) is 0 Å². The number of hydrogen-bond donors (Lipinski definition) is 2. The van der Waals surface area contributed by atoms with Crippen molar-refractivity contribution in [2.75, 3.05) is 36.4 Å². The number of carbonyl (C=O) groups is 1. The molecule has 19 heavy (non-hydrogen) atoms. The van der Waals surface area contributed by atoms with Crippen LogP contribution in [0.4, 0.5) is 11.8 Å². The van der Waals surface area contributed by atoms with Crippen molar-refractivity contribution in [3.05, 3.63) is 11.2 Å². The molecular formula is C12H18ClN5O. The van der Waals surface area contributed by atoms with Crippen LogP contribution in [0, 0.1) is 0 Å². The van der Waals surface area contributed by atoms with Gasteiger partial charge in [0.15, 0.2) is 5.82 Å². The predicted octanol–water partition coefficient (Wildman–Crippen LogP) is 1.28. The highest BCUT2D eigenvalue weighted by molar-refractivity contribution is 6.32. The summed E-state index contributed by atoms with van der Waals surface area (Å²) in [5, 5.41) is 6.42. The summed E-state index contributed by atoms with van der Waals surface area (Å²) in [6.07, 6.45) is 3.45. The number of halogens is 1. The van der Waals surface area contributed by atoms with Gasteiger partial charge in [0.1, 0.15) is 5.02 Å². The summed E-state index contributed by atoms with van der Waals surface area (Å²) in [6, 6.07) is 0. The van der Waals surface area contributed by atoms with Gasteiger partial charge < -0.3 is 15.5 Å². The minimum absolute atomic E-state index is 0.00440. The Bertz CT molecular complexity index is 454. The topological polar surface area (TPSA) is 70.2 Å². The quantitative estimate of drug-likeness (QED) is 0.871. The fourth-order valence-corrected chi connectivity index (χ4v) is 2.10. The number of carbonyl (C=O) groups excluding carboxylic acids is 1. The molecule has 2 N–H and O–H groups in total. The molecule has 1 aliphatic rings. The Morgan fingerprint density at radius 2 is 2.42 bits per heavy atom. The number of hydrogen-bond acceptors (Lipinski definition) is 5. The Balaban J connectivity index is 2.18. The number of rotatable bonds is 4. The van der Waals surface area contributed by atoms with E-state index in [-0.39, 0.29) is 12.5 Å². The highest BCUT2D eigenvalue weighted by atomic mass is 35.5. The average Bonchev–Trinajstić information content (AvgIpc) is 2.62. The van der Waals surface area contributed by atoms with Crippen LogP contribution in [0.25, 0.3) is 0 Å². The van der Waals surface area contributed by atoms with Crippen LogP contribution >= 0.6 is 11.6 Å². The van der Waals surface area contributed by atoms with Crippen molar-refractivity contribution in [2.24, 2.45) is 0 Å². The number of anilines is 2. The smallest absolute Gasteiger partial charge is 0.239 e. The van der Waals surface area contributed by atoms with Gasteiger partial charge in [0.2, 0.25) is 11.9 Å².